The Morgan fingerprint density at radius 3 is 2.38 bits per heavy atom. The smallest absolute Gasteiger partial charge is 0.305 e. The standard InChI is InChI=1S/C15H21NO5/c1-10(2)15(19)16(8-7-14(17)18)12-6-5-11(20-3)9-13(12)21-4/h5-6,9-10H,7-8H2,1-4H3,(H,17,18). The highest BCUT2D eigenvalue weighted by molar-refractivity contribution is 5.96. The van der Waals surface area contributed by atoms with Crippen molar-refractivity contribution in [2.24, 2.45) is 5.92 Å². The van der Waals surface area contributed by atoms with Gasteiger partial charge in [0.2, 0.25) is 5.91 Å². The zero-order valence-electron chi connectivity index (χ0n) is 12.8. The fourth-order valence-electron chi connectivity index (χ4n) is 1.88. The van der Waals surface area contributed by atoms with Gasteiger partial charge in [0.1, 0.15) is 11.5 Å². The number of hydrogen-bond acceptors (Lipinski definition) is 4. The lowest BCUT2D eigenvalue weighted by atomic mass is 10.1. The van der Waals surface area contributed by atoms with E-state index < -0.39 is 5.97 Å². The van der Waals surface area contributed by atoms with E-state index in [2.05, 4.69) is 0 Å². The lowest BCUT2D eigenvalue weighted by Gasteiger charge is -2.26. The number of carboxylic acid groups (broad SMARTS) is 1. The predicted molar refractivity (Wildman–Crippen MR) is 79.0 cm³/mol. The maximum absolute atomic E-state index is 12.3. The average molecular weight is 295 g/mol. The summed E-state index contributed by atoms with van der Waals surface area (Å²) in [6.45, 7) is 3.63. The highest BCUT2D eigenvalue weighted by Crippen LogP contribution is 2.33. The van der Waals surface area contributed by atoms with E-state index >= 15 is 0 Å². The molecule has 1 aromatic carbocycles. The summed E-state index contributed by atoms with van der Waals surface area (Å²) in [4.78, 5) is 24.6. The summed E-state index contributed by atoms with van der Waals surface area (Å²) < 4.78 is 10.4. The largest absolute Gasteiger partial charge is 0.497 e. The Labute approximate surface area is 124 Å². The molecule has 0 bridgehead atoms. The van der Waals surface area contributed by atoms with Crippen LogP contribution in [-0.4, -0.2) is 37.7 Å². The minimum atomic E-state index is -0.955. The SMILES string of the molecule is COc1ccc(N(CCC(=O)O)C(=O)C(C)C)c(OC)c1. The molecule has 6 nitrogen and oxygen atoms in total. The molecular formula is C15H21NO5. The Morgan fingerprint density at radius 2 is 1.90 bits per heavy atom. The van der Waals surface area contributed by atoms with Gasteiger partial charge in [-0.05, 0) is 12.1 Å². The molecule has 0 aliphatic carbocycles. The number of methoxy groups -OCH3 is 2. The number of benzene rings is 1. The van der Waals surface area contributed by atoms with E-state index in [1.165, 1.54) is 19.1 Å². The van der Waals surface area contributed by atoms with Gasteiger partial charge >= 0.3 is 5.97 Å². The molecule has 0 atom stereocenters. The van der Waals surface area contributed by atoms with Crippen LogP contribution in [0.15, 0.2) is 18.2 Å². The highest BCUT2D eigenvalue weighted by atomic mass is 16.5. The summed E-state index contributed by atoms with van der Waals surface area (Å²) in [5, 5.41) is 8.85. The zero-order valence-corrected chi connectivity index (χ0v) is 12.8. The molecule has 0 aromatic heterocycles. The van der Waals surface area contributed by atoms with E-state index in [9.17, 15) is 9.59 Å². The fraction of sp³-hybridized carbons (Fsp3) is 0.467. The Morgan fingerprint density at radius 1 is 1.24 bits per heavy atom. The molecule has 0 spiro atoms. The van der Waals surface area contributed by atoms with Gasteiger partial charge in [-0.1, -0.05) is 13.8 Å². The Bertz CT molecular complexity index is 513. The van der Waals surface area contributed by atoms with E-state index in [0.717, 1.165) is 0 Å². The highest BCUT2D eigenvalue weighted by Gasteiger charge is 2.23. The van der Waals surface area contributed by atoms with Crippen LogP contribution in [0.3, 0.4) is 0 Å². The second-order valence-corrected chi connectivity index (χ2v) is 4.83. The van der Waals surface area contributed by atoms with Crippen molar-refractivity contribution in [2.45, 2.75) is 20.3 Å². The molecule has 0 heterocycles. The van der Waals surface area contributed by atoms with Crippen molar-refractivity contribution >= 4 is 17.6 Å². The third-order valence-electron chi connectivity index (χ3n) is 2.99. The minimum absolute atomic E-state index is 0.0923. The van der Waals surface area contributed by atoms with Gasteiger partial charge in [-0.25, -0.2) is 0 Å². The van der Waals surface area contributed by atoms with E-state index in [4.69, 9.17) is 14.6 Å². The van der Waals surface area contributed by atoms with Crippen molar-refractivity contribution in [2.75, 3.05) is 25.7 Å². The molecule has 1 rings (SSSR count). The van der Waals surface area contributed by atoms with Crippen LogP contribution in [0.2, 0.25) is 0 Å². The monoisotopic (exact) mass is 295 g/mol. The topological polar surface area (TPSA) is 76.1 Å². The molecule has 0 aliphatic heterocycles. The zero-order chi connectivity index (χ0) is 16.0. The van der Waals surface area contributed by atoms with Gasteiger partial charge in [0, 0.05) is 18.5 Å². The molecule has 1 N–H and O–H groups in total. The van der Waals surface area contributed by atoms with Crippen molar-refractivity contribution in [3.8, 4) is 11.5 Å². The lowest BCUT2D eigenvalue weighted by Crippen LogP contribution is -2.36. The summed E-state index contributed by atoms with van der Waals surface area (Å²) in [7, 11) is 3.03. The van der Waals surface area contributed by atoms with Crippen LogP contribution in [0.4, 0.5) is 5.69 Å². The van der Waals surface area contributed by atoms with Gasteiger partial charge in [-0.3, -0.25) is 9.59 Å². The predicted octanol–water partition coefficient (Wildman–Crippen LogP) is 2.17. The number of anilines is 1. The summed E-state index contributed by atoms with van der Waals surface area (Å²) >= 11 is 0. The van der Waals surface area contributed by atoms with Crippen LogP contribution < -0.4 is 14.4 Å². The number of carboxylic acids is 1. The second-order valence-electron chi connectivity index (χ2n) is 4.83. The van der Waals surface area contributed by atoms with E-state index in [1.807, 2.05) is 0 Å². The van der Waals surface area contributed by atoms with E-state index in [1.54, 1.807) is 32.0 Å². The first kappa shape index (κ1) is 16.8. The van der Waals surface area contributed by atoms with Gasteiger partial charge in [0.25, 0.3) is 0 Å². The van der Waals surface area contributed by atoms with Crippen LogP contribution in [0.5, 0.6) is 11.5 Å². The van der Waals surface area contributed by atoms with Gasteiger partial charge < -0.3 is 19.5 Å². The number of hydrogen-bond donors (Lipinski definition) is 1. The molecule has 0 unspecified atom stereocenters. The first-order valence-electron chi connectivity index (χ1n) is 6.66. The number of amides is 1. The third kappa shape index (κ3) is 4.37. The summed E-state index contributed by atoms with van der Waals surface area (Å²) in [5.41, 5.74) is 0.540. The molecule has 0 saturated heterocycles. The van der Waals surface area contributed by atoms with E-state index in [0.29, 0.717) is 17.2 Å². The summed E-state index contributed by atoms with van der Waals surface area (Å²) in [6.07, 6.45) is -0.131. The van der Waals surface area contributed by atoms with Gasteiger partial charge in [0.05, 0.1) is 26.3 Å². The Kier molecular flexibility index (Phi) is 6.02. The van der Waals surface area contributed by atoms with Crippen molar-refractivity contribution in [1.82, 2.24) is 0 Å². The van der Waals surface area contributed by atoms with Gasteiger partial charge in [-0.2, -0.15) is 0 Å². The molecule has 116 valence electrons. The molecule has 6 heteroatoms. The Balaban J connectivity index is 3.18. The maximum Gasteiger partial charge on any atom is 0.305 e. The number of ether oxygens (including phenoxy) is 2. The number of carbonyl (C=O) groups is 2. The van der Waals surface area contributed by atoms with Crippen molar-refractivity contribution in [3.63, 3.8) is 0 Å². The first-order chi connectivity index (χ1) is 9.90. The third-order valence-corrected chi connectivity index (χ3v) is 2.99. The van der Waals surface area contributed by atoms with E-state index in [-0.39, 0.29) is 24.8 Å². The van der Waals surface area contributed by atoms with Gasteiger partial charge in [0.15, 0.2) is 0 Å². The molecule has 1 aromatic rings. The average Bonchev–Trinajstić information content (AvgIpc) is 2.46. The first-order valence-corrected chi connectivity index (χ1v) is 6.66. The molecule has 1 amide bonds. The molecule has 0 radical (unpaired) electrons. The molecule has 21 heavy (non-hydrogen) atoms. The normalized spacial score (nSPS) is 10.3. The van der Waals surface area contributed by atoms with Crippen LogP contribution in [0, 0.1) is 5.92 Å². The number of nitrogens with zero attached hydrogens (tertiary/aromatic N) is 1. The van der Waals surface area contributed by atoms with Crippen molar-refractivity contribution in [3.05, 3.63) is 18.2 Å². The van der Waals surface area contributed by atoms with Crippen molar-refractivity contribution in [1.29, 1.82) is 0 Å². The fourth-order valence-corrected chi connectivity index (χ4v) is 1.88. The number of rotatable bonds is 7. The van der Waals surface area contributed by atoms with Crippen LogP contribution >= 0.6 is 0 Å². The van der Waals surface area contributed by atoms with Crippen LogP contribution in [0.1, 0.15) is 20.3 Å². The molecule has 0 fully saturated rings. The van der Waals surface area contributed by atoms with Crippen molar-refractivity contribution < 1.29 is 24.2 Å². The molecule has 0 saturated carbocycles. The number of aliphatic carboxylic acids is 1. The van der Waals surface area contributed by atoms with Crippen LogP contribution in [0.25, 0.3) is 0 Å². The Hall–Kier alpha value is -2.24. The maximum atomic E-state index is 12.3. The molecular weight excluding hydrogens is 274 g/mol. The summed E-state index contributed by atoms with van der Waals surface area (Å²) in [5.74, 6) is -0.283. The summed E-state index contributed by atoms with van der Waals surface area (Å²) in [6, 6.07) is 5.07. The quantitative estimate of drug-likeness (QED) is 0.834. The minimum Gasteiger partial charge on any atom is -0.497 e. The number of carbonyl (C=O) groups excluding carboxylic acids is 1. The van der Waals surface area contributed by atoms with Gasteiger partial charge in [-0.15, -0.1) is 0 Å². The second kappa shape index (κ2) is 7.52. The van der Waals surface area contributed by atoms with Crippen LogP contribution in [-0.2, 0) is 9.59 Å². The molecule has 0 aliphatic rings. The lowest BCUT2D eigenvalue weighted by molar-refractivity contribution is -0.136.